The van der Waals surface area contributed by atoms with Crippen molar-refractivity contribution in [1.82, 2.24) is 5.32 Å². The summed E-state index contributed by atoms with van der Waals surface area (Å²) in [5.41, 5.74) is 0.920. The van der Waals surface area contributed by atoms with Gasteiger partial charge in [0.15, 0.2) is 0 Å². The molecule has 1 saturated heterocycles. The van der Waals surface area contributed by atoms with Gasteiger partial charge in [-0.15, -0.1) is 0 Å². The molecule has 0 radical (unpaired) electrons. The Bertz CT molecular complexity index is 131. The summed E-state index contributed by atoms with van der Waals surface area (Å²) in [4.78, 5) is 0. The molecule has 1 N–H and O–H groups in total. The quantitative estimate of drug-likeness (QED) is 0.566. The van der Waals surface area contributed by atoms with Gasteiger partial charge in [0.25, 0.3) is 0 Å². The molecule has 0 aromatic rings. The molecular formula is C10H21N. The third-order valence-electron chi connectivity index (χ3n) is 3.51. The van der Waals surface area contributed by atoms with Crippen molar-refractivity contribution < 1.29 is 0 Å². The zero-order chi connectivity index (χ0) is 8.70. The average molecular weight is 155 g/mol. The molecule has 66 valence electrons. The Hall–Kier alpha value is -0.0400. The van der Waals surface area contributed by atoms with E-state index < -0.39 is 0 Å². The highest BCUT2D eigenvalue weighted by Gasteiger charge is 2.40. The van der Waals surface area contributed by atoms with E-state index in [1.54, 1.807) is 0 Å². The maximum Gasteiger partial charge on any atom is 0.000551 e. The Morgan fingerprint density at radius 1 is 1.00 bits per heavy atom. The third-order valence-corrected chi connectivity index (χ3v) is 3.51. The van der Waals surface area contributed by atoms with Crippen LogP contribution in [0.4, 0.5) is 0 Å². The van der Waals surface area contributed by atoms with E-state index in [0.29, 0.717) is 10.8 Å². The summed E-state index contributed by atoms with van der Waals surface area (Å²) in [6.45, 7) is 14.1. The topological polar surface area (TPSA) is 12.0 Å². The van der Waals surface area contributed by atoms with Crippen molar-refractivity contribution in [3.8, 4) is 0 Å². The first kappa shape index (κ1) is 9.05. The molecule has 1 aliphatic rings. The smallest absolute Gasteiger partial charge is 0.000551 e. The second-order valence-corrected chi connectivity index (χ2v) is 5.30. The molecule has 0 unspecified atom stereocenters. The van der Waals surface area contributed by atoms with E-state index >= 15 is 0 Å². The number of hydrogen-bond acceptors (Lipinski definition) is 1. The fraction of sp³-hybridized carbons (Fsp3) is 1.00. The van der Waals surface area contributed by atoms with Gasteiger partial charge in [-0.25, -0.2) is 0 Å². The predicted octanol–water partition coefficient (Wildman–Crippen LogP) is 2.28. The van der Waals surface area contributed by atoms with Crippen molar-refractivity contribution in [3.63, 3.8) is 0 Å². The first-order valence-electron chi connectivity index (χ1n) is 4.57. The predicted molar refractivity (Wildman–Crippen MR) is 49.6 cm³/mol. The third kappa shape index (κ3) is 1.58. The first-order valence-corrected chi connectivity index (χ1v) is 4.57. The van der Waals surface area contributed by atoms with Crippen LogP contribution in [0.5, 0.6) is 0 Å². The van der Waals surface area contributed by atoms with Crippen molar-refractivity contribution in [2.45, 2.75) is 34.6 Å². The fourth-order valence-corrected chi connectivity index (χ4v) is 2.07. The molecule has 0 aliphatic carbocycles. The highest BCUT2D eigenvalue weighted by molar-refractivity contribution is 4.93. The molecule has 11 heavy (non-hydrogen) atoms. The number of hydrogen-bond donors (Lipinski definition) is 1. The maximum absolute atomic E-state index is 3.50. The lowest BCUT2D eigenvalue weighted by Crippen LogP contribution is -2.51. The van der Waals surface area contributed by atoms with Gasteiger partial charge in [0.05, 0.1) is 0 Å². The lowest BCUT2D eigenvalue weighted by atomic mass is 9.63. The molecule has 0 spiro atoms. The van der Waals surface area contributed by atoms with Crippen molar-refractivity contribution in [1.29, 1.82) is 0 Å². The Labute approximate surface area is 70.6 Å². The van der Waals surface area contributed by atoms with E-state index in [-0.39, 0.29) is 0 Å². The highest BCUT2D eigenvalue weighted by Crippen LogP contribution is 2.41. The van der Waals surface area contributed by atoms with Gasteiger partial charge < -0.3 is 5.32 Å². The van der Waals surface area contributed by atoms with Crippen LogP contribution in [0.25, 0.3) is 0 Å². The van der Waals surface area contributed by atoms with Crippen LogP contribution in [0.2, 0.25) is 0 Å². The van der Waals surface area contributed by atoms with Crippen LogP contribution in [0, 0.1) is 16.7 Å². The minimum atomic E-state index is 0.460. The Morgan fingerprint density at radius 3 is 1.64 bits per heavy atom. The summed E-state index contributed by atoms with van der Waals surface area (Å²) in [5, 5.41) is 3.50. The van der Waals surface area contributed by atoms with Crippen molar-refractivity contribution in [3.05, 3.63) is 0 Å². The van der Waals surface area contributed by atoms with E-state index in [1.807, 2.05) is 0 Å². The van der Waals surface area contributed by atoms with E-state index in [1.165, 1.54) is 0 Å². The molecule has 1 nitrogen and oxygen atoms in total. The average Bonchev–Trinajstić information content (AvgIpc) is 1.82. The number of nitrogens with one attached hydrogen (secondary N) is 1. The van der Waals surface area contributed by atoms with Gasteiger partial charge in [-0.1, -0.05) is 34.6 Å². The standard InChI is InChI=1S/C10H21N/c1-8-9(2,3)6-11-7-10(8,4)5/h8,11H,6-7H2,1-5H3. The Balaban J connectivity index is 2.76. The summed E-state index contributed by atoms with van der Waals surface area (Å²) in [7, 11) is 0. The summed E-state index contributed by atoms with van der Waals surface area (Å²) in [6.07, 6.45) is 0. The molecule has 1 fully saturated rings. The summed E-state index contributed by atoms with van der Waals surface area (Å²) in [5.74, 6) is 0.802. The van der Waals surface area contributed by atoms with Crippen LogP contribution in [0.1, 0.15) is 34.6 Å². The van der Waals surface area contributed by atoms with Crippen LogP contribution in [-0.2, 0) is 0 Å². The largest absolute Gasteiger partial charge is 0.316 e. The molecule has 0 bridgehead atoms. The second kappa shape index (κ2) is 2.48. The monoisotopic (exact) mass is 155 g/mol. The van der Waals surface area contributed by atoms with Crippen LogP contribution >= 0.6 is 0 Å². The second-order valence-electron chi connectivity index (χ2n) is 5.30. The zero-order valence-electron chi connectivity index (χ0n) is 8.49. The molecule has 0 saturated carbocycles. The highest BCUT2D eigenvalue weighted by atomic mass is 14.9. The van der Waals surface area contributed by atoms with E-state index in [0.717, 1.165) is 19.0 Å². The molecule has 0 aromatic heterocycles. The normalized spacial score (nSPS) is 30.3. The molecule has 1 rings (SSSR count). The molecule has 1 heteroatoms. The van der Waals surface area contributed by atoms with Gasteiger partial charge in [0.1, 0.15) is 0 Å². The van der Waals surface area contributed by atoms with Gasteiger partial charge in [-0.2, -0.15) is 0 Å². The van der Waals surface area contributed by atoms with Crippen LogP contribution in [0.15, 0.2) is 0 Å². The maximum atomic E-state index is 3.50. The minimum Gasteiger partial charge on any atom is -0.316 e. The van der Waals surface area contributed by atoms with Gasteiger partial charge in [-0.05, 0) is 16.7 Å². The zero-order valence-corrected chi connectivity index (χ0v) is 8.49. The Kier molecular flexibility index (Phi) is 2.04. The molecular weight excluding hydrogens is 134 g/mol. The van der Waals surface area contributed by atoms with E-state index in [2.05, 4.69) is 39.9 Å². The molecule has 0 aromatic carbocycles. The minimum absolute atomic E-state index is 0.460. The fourth-order valence-electron chi connectivity index (χ4n) is 2.07. The van der Waals surface area contributed by atoms with E-state index in [4.69, 9.17) is 0 Å². The van der Waals surface area contributed by atoms with Gasteiger partial charge in [0, 0.05) is 13.1 Å². The molecule has 0 atom stereocenters. The van der Waals surface area contributed by atoms with Crippen LogP contribution in [-0.4, -0.2) is 13.1 Å². The van der Waals surface area contributed by atoms with Crippen LogP contribution in [0.3, 0.4) is 0 Å². The van der Waals surface area contributed by atoms with Crippen molar-refractivity contribution >= 4 is 0 Å². The van der Waals surface area contributed by atoms with Gasteiger partial charge in [0.2, 0.25) is 0 Å². The Morgan fingerprint density at radius 2 is 1.36 bits per heavy atom. The summed E-state index contributed by atoms with van der Waals surface area (Å²) in [6, 6.07) is 0. The molecule has 1 heterocycles. The van der Waals surface area contributed by atoms with Crippen molar-refractivity contribution in [2.75, 3.05) is 13.1 Å². The first-order chi connectivity index (χ1) is 4.86. The summed E-state index contributed by atoms with van der Waals surface area (Å²) < 4.78 is 0. The van der Waals surface area contributed by atoms with Crippen LogP contribution < -0.4 is 5.32 Å². The molecule has 1 aliphatic heterocycles. The lowest BCUT2D eigenvalue weighted by Gasteiger charge is -2.47. The van der Waals surface area contributed by atoms with Gasteiger partial charge in [-0.3, -0.25) is 0 Å². The van der Waals surface area contributed by atoms with Gasteiger partial charge >= 0.3 is 0 Å². The number of piperidine rings is 1. The lowest BCUT2D eigenvalue weighted by molar-refractivity contribution is 0.0463. The van der Waals surface area contributed by atoms with Crippen molar-refractivity contribution in [2.24, 2.45) is 16.7 Å². The molecule has 0 amide bonds. The number of rotatable bonds is 0. The SMILES string of the molecule is CC1C(C)(C)CNCC1(C)C. The summed E-state index contributed by atoms with van der Waals surface area (Å²) >= 11 is 0. The van der Waals surface area contributed by atoms with E-state index in [9.17, 15) is 0 Å².